The molecule has 0 saturated carbocycles. The maximum absolute atomic E-state index is 14.2. The van der Waals surface area contributed by atoms with Gasteiger partial charge in [0.15, 0.2) is 0 Å². The van der Waals surface area contributed by atoms with Crippen LogP contribution in [0.15, 0.2) is 48.5 Å². The first-order valence-electron chi connectivity index (χ1n) is 13.4. The molecule has 3 saturated heterocycles. The highest BCUT2D eigenvalue weighted by atomic mass is 35.5. The number of nitrogens with one attached hydrogen (secondary N) is 2. The van der Waals surface area contributed by atoms with E-state index in [-0.39, 0.29) is 35.5 Å². The third-order valence-electron chi connectivity index (χ3n) is 8.17. The smallest absolute Gasteiger partial charge is 0.248 e. The molecule has 39 heavy (non-hydrogen) atoms. The Morgan fingerprint density at radius 3 is 2.51 bits per heavy atom. The van der Waals surface area contributed by atoms with Crippen molar-refractivity contribution in [3.8, 4) is 5.75 Å². The van der Waals surface area contributed by atoms with Gasteiger partial charge in [0.2, 0.25) is 17.7 Å². The van der Waals surface area contributed by atoms with E-state index in [1.165, 1.54) is 0 Å². The third-order valence-corrected chi connectivity index (χ3v) is 10.4. The van der Waals surface area contributed by atoms with Crippen LogP contribution in [-0.2, 0) is 14.4 Å². The number of amides is 3. The number of likely N-dealkylation sites (tertiary alicyclic amines) is 1. The first-order chi connectivity index (χ1) is 18.7. The molecule has 0 aliphatic carbocycles. The van der Waals surface area contributed by atoms with E-state index in [4.69, 9.17) is 16.3 Å². The van der Waals surface area contributed by atoms with E-state index in [9.17, 15) is 19.5 Å². The number of fused-ring (bicyclic) bond motifs is 1. The minimum absolute atomic E-state index is 0.0777. The maximum Gasteiger partial charge on any atom is 0.248 e. The van der Waals surface area contributed by atoms with Gasteiger partial charge in [-0.3, -0.25) is 14.4 Å². The maximum atomic E-state index is 14.2. The van der Waals surface area contributed by atoms with Crippen LogP contribution in [0, 0.1) is 17.8 Å². The summed E-state index contributed by atoms with van der Waals surface area (Å²) in [5, 5.41) is 16.6. The second-order valence-electron chi connectivity index (χ2n) is 10.7. The lowest BCUT2D eigenvalue weighted by molar-refractivity contribution is -0.142. The summed E-state index contributed by atoms with van der Waals surface area (Å²) < 4.78 is 4.72. The Kier molecular flexibility index (Phi) is 7.86. The lowest BCUT2D eigenvalue weighted by Gasteiger charge is -2.38. The van der Waals surface area contributed by atoms with Crippen molar-refractivity contribution in [2.75, 3.05) is 23.8 Å². The van der Waals surface area contributed by atoms with Crippen LogP contribution >= 0.6 is 23.4 Å². The summed E-state index contributed by atoms with van der Waals surface area (Å²) in [7, 11) is 0. The number of aliphatic hydroxyl groups is 1. The summed E-state index contributed by atoms with van der Waals surface area (Å²) in [6.07, 6.45) is 1.37. The Morgan fingerprint density at radius 2 is 1.87 bits per heavy atom. The van der Waals surface area contributed by atoms with Gasteiger partial charge >= 0.3 is 0 Å². The van der Waals surface area contributed by atoms with Crippen LogP contribution in [0.3, 0.4) is 0 Å². The van der Waals surface area contributed by atoms with Gasteiger partial charge in [-0.05, 0) is 62.1 Å². The SMILES string of the molecule is CCOc1ccc(NC(=O)[C@@H]2[C@@H]3CCC4(S3)C(C(=O)Nc3ccccc3Cl)N([C@@H](CO)C(C)C)C(=O)[C@H]24)cc1. The normalized spacial score (nSPS) is 27.9. The Hall–Kier alpha value is -2.75. The number of carbonyl (C=O) groups is 3. The summed E-state index contributed by atoms with van der Waals surface area (Å²) in [4.78, 5) is 43.4. The Labute approximate surface area is 237 Å². The number of hydrogen-bond donors (Lipinski definition) is 3. The molecule has 208 valence electrons. The summed E-state index contributed by atoms with van der Waals surface area (Å²) in [5.41, 5.74) is 1.08. The fourth-order valence-electron chi connectivity index (χ4n) is 6.46. The number of aliphatic hydroxyl groups excluding tert-OH is 1. The third kappa shape index (κ3) is 4.78. The second kappa shape index (κ2) is 11.0. The fourth-order valence-corrected chi connectivity index (χ4v) is 8.85. The quantitative estimate of drug-likeness (QED) is 0.411. The van der Waals surface area contributed by atoms with Crippen LogP contribution in [-0.4, -0.2) is 63.0 Å². The number of halogens is 1. The van der Waals surface area contributed by atoms with Gasteiger partial charge in [0.25, 0.3) is 0 Å². The molecule has 1 spiro atoms. The molecule has 3 heterocycles. The highest BCUT2D eigenvalue weighted by Crippen LogP contribution is 2.67. The minimum atomic E-state index is -0.843. The Morgan fingerprint density at radius 1 is 1.15 bits per heavy atom. The number of anilines is 2. The highest BCUT2D eigenvalue weighted by Gasteiger charge is 2.74. The molecular formula is C29H34ClN3O5S. The number of rotatable bonds is 9. The average Bonchev–Trinajstić information content (AvgIpc) is 3.55. The van der Waals surface area contributed by atoms with E-state index >= 15 is 0 Å². The molecule has 3 fully saturated rings. The first kappa shape index (κ1) is 27.8. The van der Waals surface area contributed by atoms with Crippen molar-refractivity contribution in [1.82, 2.24) is 4.90 Å². The van der Waals surface area contributed by atoms with E-state index in [2.05, 4.69) is 10.6 Å². The minimum Gasteiger partial charge on any atom is -0.494 e. The van der Waals surface area contributed by atoms with Crippen LogP contribution in [0.5, 0.6) is 5.75 Å². The van der Waals surface area contributed by atoms with E-state index in [0.29, 0.717) is 35.2 Å². The standard InChI is InChI=1S/C29H34ClN3O5S/c1-4-38-18-11-9-17(10-12-18)31-26(35)23-22-13-14-29(39-22)24(23)28(37)33(21(15-34)16(2)3)25(29)27(36)32-20-8-6-5-7-19(20)30/h5-12,16,21-25,34H,4,13-15H2,1-3H3,(H,31,35)(H,32,36)/t21-,22-,23+,24-,25?,29?/m0/s1. The molecule has 10 heteroatoms. The van der Waals surface area contributed by atoms with Gasteiger partial charge in [-0.15, -0.1) is 11.8 Å². The van der Waals surface area contributed by atoms with Crippen LogP contribution in [0.25, 0.3) is 0 Å². The predicted molar refractivity (Wildman–Crippen MR) is 153 cm³/mol. The van der Waals surface area contributed by atoms with E-state index < -0.39 is 28.7 Å². The molecular weight excluding hydrogens is 538 g/mol. The zero-order valence-electron chi connectivity index (χ0n) is 22.2. The summed E-state index contributed by atoms with van der Waals surface area (Å²) in [5.74, 6) is -1.46. The molecule has 3 aliphatic rings. The molecule has 3 aliphatic heterocycles. The Balaban J connectivity index is 1.47. The number of nitrogens with zero attached hydrogens (tertiary/aromatic N) is 1. The molecule has 6 atom stereocenters. The van der Waals surface area contributed by atoms with Crippen molar-refractivity contribution in [3.05, 3.63) is 53.6 Å². The molecule has 2 bridgehead atoms. The van der Waals surface area contributed by atoms with Crippen molar-refractivity contribution >= 4 is 52.5 Å². The van der Waals surface area contributed by atoms with Crippen LogP contribution in [0.4, 0.5) is 11.4 Å². The van der Waals surface area contributed by atoms with Gasteiger partial charge in [0, 0.05) is 10.9 Å². The molecule has 5 rings (SSSR count). The van der Waals surface area contributed by atoms with Crippen LogP contribution in [0.1, 0.15) is 33.6 Å². The number of para-hydroxylation sites is 1. The van der Waals surface area contributed by atoms with Crippen molar-refractivity contribution in [2.45, 2.75) is 55.7 Å². The Bertz CT molecular complexity index is 1260. The average molecular weight is 572 g/mol. The molecule has 3 N–H and O–H groups in total. The number of thioether (sulfide) groups is 1. The molecule has 0 aromatic heterocycles. The molecule has 8 nitrogen and oxygen atoms in total. The summed E-state index contributed by atoms with van der Waals surface area (Å²) in [6.45, 7) is 6.01. The van der Waals surface area contributed by atoms with E-state index in [1.54, 1.807) is 65.2 Å². The van der Waals surface area contributed by atoms with Crippen LogP contribution < -0.4 is 15.4 Å². The van der Waals surface area contributed by atoms with Crippen molar-refractivity contribution in [1.29, 1.82) is 0 Å². The number of benzene rings is 2. The van der Waals surface area contributed by atoms with Crippen molar-refractivity contribution < 1.29 is 24.2 Å². The lowest BCUT2D eigenvalue weighted by atomic mass is 9.70. The van der Waals surface area contributed by atoms with Gasteiger partial charge in [0.1, 0.15) is 11.8 Å². The molecule has 2 aromatic rings. The molecule has 3 amide bonds. The van der Waals surface area contributed by atoms with Gasteiger partial charge in [-0.2, -0.15) is 0 Å². The van der Waals surface area contributed by atoms with Crippen LogP contribution in [0.2, 0.25) is 5.02 Å². The number of hydrogen-bond acceptors (Lipinski definition) is 6. The highest BCUT2D eigenvalue weighted by molar-refractivity contribution is 8.02. The van der Waals surface area contributed by atoms with Crippen molar-refractivity contribution in [3.63, 3.8) is 0 Å². The zero-order chi connectivity index (χ0) is 27.9. The van der Waals surface area contributed by atoms with Gasteiger partial charge in [-0.1, -0.05) is 37.6 Å². The van der Waals surface area contributed by atoms with Gasteiger partial charge in [0.05, 0.1) is 46.5 Å². The monoisotopic (exact) mass is 571 g/mol. The molecule has 2 unspecified atom stereocenters. The summed E-state index contributed by atoms with van der Waals surface area (Å²) in [6, 6.07) is 12.7. The largest absolute Gasteiger partial charge is 0.494 e. The zero-order valence-corrected chi connectivity index (χ0v) is 23.8. The van der Waals surface area contributed by atoms with Crippen molar-refractivity contribution in [2.24, 2.45) is 17.8 Å². The molecule has 2 aromatic carbocycles. The van der Waals surface area contributed by atoms with Gasteiger partial charge < -0.3 is 25.4 Å². The van der Waals surface area contributed by atoms with Gasteiger partial charge in [-0.25, -0.2) is 0 Å². The molecule has 0 radical (unpaired) electrons. The summed E-state index contributed by atoms with van der Waals surface area (Å²) >= 11 is 7.92. The number of carbonyl (C=O) groups excluding carboxylic acids is 3. The topological polar surface area (TPSA) is 108 Å². The van der Waals surface area contributed by atoms with E-state index in [0.717, 1.165) is 6.42 Å². The fraction of sp³-hybridized carbons (Fsp3) is 0.483. The predicted octanol–water partition coefficient (Wildman–Crippen LogP) is 4.42. The van der Waals surface area contributed by atoms with E-state index in [1.807, 2.05) is 20.8 Å². The lowest BCUT2D eigenvalue weighted by Crippen LogP contribution is -2.56. The first-order valence-corrected chi connectivity index (χ1v) is 14.7. The second-order valence-corrected chi connectivity index (χ2v) is 12.7. The number of ether oxygens (including phenoxy) is 1.